The number of benzene rings is 1. The van der Waals surface area contributed by atoms with Crippen molar-refractivity contribution < 1.29 is 9.53 Å². The first-order valence-electron chi connectivity index (χ1n) is 8.12. The fourth-order valence-corrected chi connectivity index (χ4v) is 3.19. The third-order valence-corrected chi connectivity index (χ3v) is 4.55. The van der Waals surface area contributed by atoms with Gasteiger partial charge >= 0.3 is 0 Å². The second-order valence-electron chi connectivity index (χ2n) is 5.81. The number of nitrogens with zero attached hydrogens (tertiary/aromatic N) is 3. The lowest BCUT2D eigenvalue weighted by molar-refractivity contribution is 0.0304. The Morgan fingerprint density at radius 3 is 2.68 bits per heavy atom. The van der Waals surface area contributed by atoms with Crippen LogP contribution in [-0.2, 0) is 4.74 Å². The largest absolute Gasteiger partial charge is 0.378 e. The highest BCUT2D eigenvalue weighted by molar-refractivity contribution is 6.35. The molecule has 0 aliphatic carbocycles. The molecule has 0 radical (unpaired) electrons. The fourth-order valence-electron chi connectivity index (χ4n) is 2.97. The molecule has 5 nitrogen and oxygen atoms in total. The Balaban J connectivity index is 1.89. The molecule has 126 valence electrons. The van der Waals surface area contributed by atoms with Gasteiger partial charge in [-0.25, -0.2) is 4.98 Å². The first kappa shape index (κ1) is 16.0. The standard InChI is InChI=1S/C19H16ClN3O2/c20-15-5-3-4-13-14(19(24)23-8-10-25-11-9-23)12-17(22-18(13)15)16-6-1-2-7-21-16/h1-7,12H,8-11H2. The van der Waals surface area contributed by atoms with Crippen molar-refractivity contribution in [1.29, 1.82) is 0 Å². The molecule has 0 unspecified atom stereocenters. The van der Waals surface area contributed by atoms with E-state index in [9.17, 15) is 4.79 Å². The Morgan fingerprint density at radius 1 is 1.08 bits per heavy atom. The molecule has 0 N–H and O–H groups in total. The molecule has 6 heteroatoms. The van der Waals surface area contributed by atoms with Gasteiger partial charge in [-0.15, -0.1) is 0 Å². The first-order valence-corrected chi connectivity index (χ1v) is 8.49. The number of fused-ring (bicyclic) bond motifs is 1. The number of morpholine rings is 1. The number of para-hydroxylation sites is 1. The summed E-state index contributed by atoms with van der Waals surface area (Å²) in [5.41, 5.74) is 2.55. The van der Waals surface area contributed by atoms with Crippen LogP contribution in [0, 0.1) is 0 Å². The summed E-state index contributed by atoms with van der Waals surface area (Å²) in [6, 6.07) is 12.9. The van der Waals surface area contributed by atoms with Crippen LogP contribution in [0.15, 0.2) is 48.7 Å². The molecule has 1 fully saturated rings. The number of aromatic nitrogens is 2. The molecule has 4 rings (SSSR count). The van der Waals surface area contributed by atoms with Gasteiger partial charge in [-0.1, -0.05) is 29.8 Å². The molecular weight excluding hydrogens is 338 g/mol. The van der Waals surface area contributed by atoms with Crippen LogP contribution in [0.5, 0.6) is 0 Å². The Morgan fingerprint density at radius 2 is 1.92 bits per heavy atom. The van der Waals surface area contributed by atoms with E-state index in [0.29, 0.717) is 53.8 Å². The van der Waals surface area contributed by atoms with E-state index in [4.69, 9.17) is 16.3 Å². The van der Waals surface area contributed by atoms with E-state index in [2.05, 4.69) is 9.97 Å². The number of hydrogen-bond donors (Lipinski definition) is 0. The molecule has 0 spiro atoms. The van der Waals surface area contributed by atoms with Crippen molar-refractivity contribution in [3.8, 4) is 11.4 Å². The molecule has 3 heterocycles. The summed E-state index contributed by atoms with van der Waals surface area (Å²) in [6.45, 7) is 2.29. The minimum absolute atomic E-state index is 0.0323. The van der Waals surface area contributed by atoms with Gasteiger partial charge in [0.1, 0.15) is 0 Å². The lowest BCUT2D eigenvalue weighted by Crippen LogP contribution is -2.40. The molecule has 25 heavy (non-hydrogen) atoms. The average Bonchev–Trinajstić information content (AvgIpc) is 2.68. The van der Waals surface area contributed by atoms with E-state index < -0.39 is 0 Å². The average molecular weight is 354 g/mol. The molecule has 1 amide bonds. The Hall–Kier alpha value is -2.50. The van der Waals surface area contributed by atoms with Crippen LogP contribution in [0.3, 0.4) is 0 Å². The molecule has 1 aliphatic heterocycles. The van der Waals surface area contributed by atoms with Crippen molar-refractivity contribution in [2.45, 2.75) is 0 Å². The van der Waals surface area contributed by atoms with Crippen LogP contribution >= 0.6 is 11.6 Å². The summed E-state index contributed by atoms with van der Waals surface area (Å²) >= 11 is 6.35. The number of amides is 1. The quantitative estimate of drug-likeness (QED) is 0.708. The van der Waals surface area contributed by atoms with Gasteiger partial charge in [0.05, 0.1) is 40.7 Å². The number of carbonyl (C=O) groups excluding carboxylic acids is 1. The monoisotopic (exact) mass is 353 g/mol. The van der Waals surface area contributed by atoms with Crippen molar-refractivity contribution in [2.75, 3.05) is 26.3 Å². The normalized spacial score (nSPS) is 14.7. The Labute approximate surface area is 150 Å². The predicted molar refractivity (Wildman–Crippen MR) is 96.7 cm³/mol. The topological polar surface area (TPSA) is 55.3 Å². The van der Waals surface area contributed by atoms with Crippen molar-refractivity contribution in [2.24, 2.45) is 0 Å². The predicted octanol–water partition coefficient (Wildman–Crippen LogP) is 3.42. The molecule has 1 aliphatic rings. The second-order valence-corrected chi connectivity index (χ2v) is 6.22. The highest BCUT2D eigenvalue weighted by Crippen LogP contribution is 2.29. The second kappa shape index (κ2) is 6.78. The highest BCUT2D eigenvalue weighted by atomic mass is 35.5. The van der Waals surface area contributed by atoms with Gasteiger partial charge in [-0.05, 0) is 24.3 Å². The number of rotatable bonds is 2. The molecule has 3 aromatic rings. The number of ether oxygens (including phenoxy) is 1. The van der Waals surface area contributed by atoms with E-state index in [-0.39, 0.29) is 5.91 Å². The summed E-state index contributed by atoms with van der Waals surface area (Å²) in [6.07, 6.45) is 1.71. The van der Waals surface area contributed by atoms with Gasteiger partial charge < -0.3 is 9.64 Å². The van der Waals surface area contributed by atoms with Crippen LogP contribution in [0.4, 0.5) is 0 Å². The number of carbonyl (C=O) groups is 1. The van der Waals surface area contributed by atoms with Crippen molar-refractivity contribution in [1.82, 2.24) is 14.9 Å². The maximum Gasteiger partial charge on any atom is 0.254 e. The van der Waals surface area contributed by atoms with Crippen LogP contribution in [0.1, 0.15) is 10.4 Å². The highest BCUT2D eigenvalue weighted by Gasteiger charge is 2.22. The van der Waals surface area contributed by atoms with Crippen molar-refractivity contribution >= 4 is 28.4 Å². The summed E-state index contributed by atoms with van der Waals surface area (Å²) in [5.74, 6) is -0.0323. The third kappa shape index (κ3) is 3.08. The lowest BCUT2D eigenvalue weighted by atomic mass is 10.0. The maximum atomic E-state index is 13.1. The van der Waals surface area contributed by atoms with Gasteiger partial charge in [0.25, 0.3) is 5.91 Å². The smallest absolute Gasteiger partial charge is 0.254 e. The zero-order valence-corrected chi connectivity index (χ0v) is 14.2. The first-order chi connectivity index (χ1) is 12.2. The molecule has 1 saturated heterocycles. The van der Waals surface area contributed by atoms with E-state index in [1.807, 2.05) is 30.3 Å². The number of halogens is 1. The van der Waals surface area contributed by atoms with Gasteiger partial charge in [-0.3, -0.25) is 9.78 Å². The molecule has 0 saturated carbocycles. The number of pyridine rings is 2. The Kier molecular flexibility index (Phi) is 4.34. The van der Waals surface area contributed by atoms with Crippen LogP contribution in [0.2, 0.25) is 5.02 Å². The van der Waals surface area contributed by atoms with Crippen molar-refractivity contribution in [3.63, 3.8) is 0 Å². The minimum Gasteiger partial charge on any atom is -0.378 e. The molecule has 2 aromatic heterocycles. The van der Waals surface area contributed by atoms with E-state index in [1.54, 1.807) is 23.2 Å². The number of hydrogen-bond acceptors (Lipinski definition) is 4. The van der Waals surface area contributed by atoms with Crippen LogP contribution in [-0.4, -0.2) is 47.1 Å². The molecular formula is C19H16ClN3O2. The zero-order valence-electron chi connectivity index (χ0n) is 13.5. The van der Waals surface area contributed by atoms with Gasteiger partial charge in [0.2, 0.25) is 0 Å². The van der Waals surface area contributed by atoms with Crippen molar-refractivity contribution in [3.05, 3.63) is 59.2 Å². The Bertz CT molecular complexity index is 925. The lowest BCUT2D eigenvalue weighted by Gasteiger charge is -2.27. The fraction of sp³-hybridized carbons (Fsp3) is 0.211. The van der Waals surface area contributed by atoms with Gasteiger partial charge in [-0.2, -0.15) is 0 Å². The SMILES string of the molecule is O=C(c1cc(-c2ccccn2)nc2c(Cl)cccc12)N1CCOCC1. The maximum absolute atomic E-state index is 13.1. The molecule has 0 atom stereocenters. The van der Waals surface area contributed by atoms with E-state index >= 15 is 0 Å². The summed E-state index contributed by atoms with van der Waals surface area (Å²) in [5, 5.41) is 1.27. The summed E-state index contributed by atoms with van der Waals surface area (Å²) < 4.78 is 5.35. The van der Waals surface area contributed by atoms with Gasteiger partial charge in [0, 0.05) is 24.7 Å². The van der Waals surface area contributed by atoms with Crippen LogP contribution < -0.4 is 0 Å². The van der Waals surface area contributed by atoms with Gasteiger partial charge in [0.15, 0.2) is 0 Å². The van der Waals surface area contributed by atoms with E-state index in [0.717, 1.165) is 5.39 Å². The molecule has 1 aromatic carbocycles. The zero-order chi connectivity index (χ0) is 17.2. The third-order valence-electron chi connectivity index (χ3n) is 4.25. The molecule has 0 bridgehead atoms. The summed E-state index contributed by atoms with van der Waals surface area (Å²) in [7, 11) is 0. The van der Waals surface area contributed by atoms with Crippen LogP contribution in [0.25, 0.3) is 22.3 Å². The van der Waals surface area contributed by atoms with E-state index in [1.165, 1.54) is 0 Å². The minimum atomic E-state index is -0.0323. The summed E-state index contributed by atoms with van der Waals surface area (Å²) in [4.78, 5) is 23.9.